The molecule has 3 nitrogen and oxygen atoms in total. The van der Waals surface area contributed by atoms with E-state index in [2.05, 4.69) is 32.7 Å². The molecule has 1 N–H and O–H groups in total. The van der Waals surface area contributed by atoms with Crippen molar-refractivity contribution in [3.63, 3.8) is 0 Å². The maximum absolute atomic E-state index is 11.8. The zero-order chi connectivity index (χ0) is 14.0. The van der Waals surface area contributed by atoms with Crippen molar-refractivity contribution < 1.29 is 9.53 Å². The minimum atomic E-state index is -0.588. The van der Waals surface area contributed by atoms with Gasteiger partial charge in [-0.15, -0.1) is 11.3 Å². The van der Waals surface area contributed by atoms with Crippen molar-refractivity contribution in [1.82, 2.24) is 5.32 Å². The molecular weight excluding hydrogens is 314 g/mol. The normalized spacial score (nSPS) is 12.6. The van der Waals surface area contributed by atoms with Gasteiger partial charge in [0.15, 0.2) is 0 Å². The first-order chi connectivity index (χ1) is 8.20. The Labute approximate surface area is 121 Å². The summed E-state index contributed by atoms with van der Waals surface area (Å²) in [5, 5.41) is 5.52. The Bertz CT molecular complexity index is 426. The van der Waals surface area contributed by atoms with Crippen molar-refractivity contribution in [3.8, 4) is 0 Å². The van der Waals surface area contributed by atoms with Gasteiger partial charge >= 0.3 is 5.97 Å². The number of hydrogen-bond acceptors (Lipinski definition) is 4. The van der Waals surface area contributed by atoms with E-state index in [0.717, 1.165) is 10.3 Å². The highest BCUT2D eigenvalue weighted by Gasteiger charge is 2.43. The maximum atomic E-state index is 11.8. The molecule has 1 heterocycles. The van der Waals surface area contributed by atoms with Gasteiger partial charge in [0.1, 0.15) is 0 Å². The molecule has 1 rings (SSSR count). The highest BCUT2D eigenvalue weighted by atomic mass is 79.9. The Morgan fingerprint density at radius 3 is 2.50 bits per heavy atom. The van der Waals surface area contributed by atoms with E-state index in [0.29, 0.717) is 0 Å². The number of esters is 1. The van der Waals surface area contributed by atoms with Gasteiger partial charge in [-0.2, -0.15) is 0 Å². The zero-order valence-electron chi connectivity index (χ0n) is 11.5. The second-order valence-electron chi connectivity index (χ2n) is 5.35. The molecule has 0 bridgehead atoms. The standard InChI is InChI=1S/C13H20BrNO2S/c1-12(2,11(16)17-5)13(3,4)15-7-9-6-10(14)18-8-9/h6,8,15H,7H2,1-5H3. The lowest BCUT2D eigenvalue weighted by Gasteiger charge is -2.40. The van der Waals surface area contributed by atoms with E-state index in [1.165, 1.54) is 12.7 Å². The Hall–Kier alpha value is -0.390. The number of carbonyl (C=O) groups is 1. The molecule has 5 heteroatoms. The lowest BCUT2D eigenvalue weighted by Crippen LogP contribution is -2.55. The summed E-state index contributed by atoms with van der Waals surface area (Å²) >= 11 is 5.10. The van der Waals surface area contributed by atoms with E-state index in [1.807, 2.05) is 27.7 Å². The van der Waals surface area contributed by atoms with E-state index >= 15 is 0 Å². The number of thiophene rings is 1. The van der Waals surface area contributed by atoms with Crippen molar-refractivity contribution in [2.45, 2.75) is 39.8 Å². The molecule has 0 aliphatic carbocycles. The predicted molar refractivity (Wildman–Crippen MR) is 78.7 cm³/mol. The van der Waals surface area contributed by atoms with Crippen LogP contribution in [0.25, 0.3) is 0 Å². The number of rotatable bonds is 5. The molecule has 0 aliphatic rings. The van der Waals surface area contributed by atoms with Crippen LogP contribution in [-0.2, 0) is 16.1 Å². The van der Waals surface area contributed by atoms with Gasteiger partial charge in [0.05, 0.1) is 16.3 Å². The Balaban J connectivity index is 2.72. The summed E-state index contributed by atoms with van der Waals surface area (Å²) < 4.78 is 5.99. The van der Waals surface area contributed by atoms with Crippen LogP contribution in [-0.4, -0.2) is 18.6 Å². The van der Waals surface area contributed by atoms with Crippen molar-refractivity contribution >= 4 is 33.2 Å². The first kappa shape index (κ1) is 15.7. The molecule has 1 aromatic rings. The van der Waals surface area contributed by atoms with Crippen LogP contribution in [0, 0.1) is 5.41 Å². The average molecular weight is 334 g/mol. The third-order valence-corrected chi connectivity index (χ3v) is 5.17. The number of methoxy groups -OCH3 is 1. The van der Waals surface area contributed by atoms with Crippen molar-refractivity contribution in [2.24, 2.45) is 5.41 Å². The van der Waals surface area contributed by atoms with Gasteiger partial charge in [-0.05, 0) is 60.6 Å². The van der Waals surface area contributed by atoms with Gasteiger partial charge in [-0.1, -0.05) is 0 Å². The van der Waals surface area contributed by atoms with E-state index < -0.39 is 5.41 Å². The molecule has 0 saturated heterocycles. The van der Waals surface area contributed by atoms with Gasteiger partial charge in [-0.3, -0.25) is 4.79 Å². The molecule has 0 amide bonds. The van der Waals surface area contributed by atoms with Crippen LogP contribution in [0.15, 0.2) is 15.2 Å². The summed E-state index contributed by atoms with van der Waals surface area (Å²) in [6.45, 7) is 8.57. The van der Waals surface area contributed by atoms with Crippen LogP contribution < -0.4 is 5.32 Å². The van der Waals surface area contributed by atoms with Crippen LogP contribution >= 0.6 is 27.3 Å². The van der Waals surface area contributed by atoms with E-state index in [9.17, 15) is 4.79 Å². The van der Waals surface area contributed by atoms with Gasteiger partial charge < -0.3 is 10.1 Å². The van der Waals surface area contributed by atoms with E-state index in [4.69, 9.17) is 4.74 Å². The third-order valence-electron chi connectivity index (χ3n) is 3.61. The summed E-state index contributed by atoms with van der Waals surface area (Å²) in [5.74, 6) is -0.202. The smallest absolute Gasteiger partial charge is 0.313 e. The molecule has 0 spiro atoms. The largest absolute Gasteiger partial charge is 0.469 e. The van der Waals surface area contributed by atoms with Gasteiger partial charge in [0.2, 0.25) is 0 Å². The molecule has 0 fully saturated rings. The molecule has 0 unspecified atom stereocenters. The molecule has 0 saturated carbocycles. The van der Waals surface area contributed by atoms with Gasteiger partial charge in [0, 0.05) is 12.1 Å². The number of hydrogen-bond donors (Lipinski definition) is 1. The second kappa shape index (κ2) is 5.72. The minimum Gasteiger partial charge on any atom is -0.469 e. The molecule has 18 heavy (non-hydrogen) atoms. The van der Waals surface area contributed by atoms with Crippen LogP contribution in [0.3, 0.4) is 0 Å². The summed E-state index contributed by atoms with van der Waals surface area (Å²) in [5.41, 5.74) is 0.268. The fourth-order valence-corrected chi connectivity index (χ4v) is 2.70. The van der Waals surface area contributed by atoms with Crippen LogP contribution in [0.2, 0.25) is 0 Å². The molecule has 0 aliphatic heterocycles. The molecule has 0 radical (unpaired) electrons. The first-order valence-electron chi connectivity index (χ1n) is 5.77. The summed E-state index contributed by atoms with van der Waals surface area (Å²) in [6, 6.07) is 2.08. The van der Waals surface area contributed by atoms with Gasteiger partial charge in [-0.25, -0.2) is 0 Å². The van der Waals surface area contributed by atoms with Gasteiger partial charge in [0.25, 0.3) is 0 Å². The monoisotopic (exact) mass is 333 g/mol. The molecule has 102 valence electrons. The molecular formula is C13H20BrNO2S. The van der Waals surface area contributed by atoms with Crippen LogP contribution in [0.5, 0.6) is 0 Å². The number of carbonyl (C=O) groups excluding carboxylic acids is 1. The fourth-order valence-electron chi connectivity index (χ4n) is 1.49. The average Bonchev–Trinajstić information content (AvgIpc) is 2.71. The predicted octanol–water partition coefficient (Wildman–Crippen LogP) is 3.58. The summed E-state index contributed by atoms with van der Waals surface area (Å²) in [7, 11) is 1.43. The summed E-state index contributed by atoms with van der Waals surface area (Å²) in [6.07, 6.45) is 0. The molecule has 1 aromatic heterocycles. The van der Waals surface area contributed by atoms with Crippen LogP contribution in [0.1, 0.15) is 33.3 Å². The Kier molecular flexibility index (Phi) is 4.98. The molecule has 0 atom stereocenters. The quantitative estimate of drug-likeness (QED) is 0.837. The SMILES string of the molecule is COC(=O)C(C)(C)C(C)(C)NCc1csc(Br)c1. The lowest BCUT2D eigenvalue weighted by atomic mass is 9.74. The minimum absolute atomic E-state index is 0.202. The summed E-state index contributed by atoms with van der Waals surface area (Å²) in [4.78, 5) is 11.8. The fraction of sp³-hybridized carbons (Fsp3) is 0.615. The molecule has 0 aromatic carbocycles. The number of ether oxygens (including phenoxy) is 1. The van der Waals surface area contributed by atoms with E-state index in [-0.39, 0.29) is 11.5 Å². The van der Waals surface area contributed by atoms with E-state index in [1.54, 1.807) is 11.3 Å². The number of halogens is 1. The Morgan fingerprint density at radius 2 is 2.06 bits per heavy atom. The first-order valence-corrected chi connectivity index (χ1v) is 7.44. The van der Waals surface area contributed by atoms with Crippen molar-refractivity contribution in [3.05, 3.63) is 20.8 Å². The van der Waals surface area contributed by atoms with Crippen molar-refractivity contribution in [1.29, 1.82) is 0 Å². The highest BCUT2D eigenvalue weighted by molar-refractivity contribution is 9.11. The topological polar surface area (TPSA) is 38.3 Å². The Morgan fingerprint density at radius 1 is 1.44 bits per heavy atom. The maximum Gasteiger partial charge on any atom is 0.313 e. The van der Waals surface area contributed by atoms with Crippen molar-refractivity contribution in [2.75, 3.05) is 7.11 Å². The highest BCUT2D eigenvalue weighted by Crippen LogP contribution is 2.32. The zero-order valence-corrected chi connectivity index (χ0v) is 13.9. The number of nitrogens with one attached hydrogen (secondary N) is 1. The second-order valence-corrected chi connectivity index (χ2v) is 7.64. The van der Waals surface area contributed by atoms with Crippen LogP contribution in [0.4, 0.5) is 0 Å². The lowest BCUT2D eigenvalue weighted by molar-refractivity contribution is -0.155. The third kappa shape index (κ3) is 3.33.